The highest BCUT2D eigenvalue weighted by Crippen LogP contribution is 2.28. The van der Waals surface area contributed by atoms with Gasteiger partial charge in [0.1, 0.15) is 0 Å². The van der Waals surface area contributed by atoms with E-state index in [0.29, 0.717) is 6.42 Å². The van der Waals surface area contributed by atoms with E-state index in [1.165, 1.54) is 30.6 Å². The maximum Gasteiger partial charge on any atom is 0.172 e. The molecule has 0 saturated carbocycles. The third-order valence-corrected chi connectivity index (χ3v) is 4.24. The third-order valence-electron chi connectivity index (χ3n) is 2.64. The summed E-state index contributed by atoms with van der Waals surface area (Å²) in [5.74, 6) is 0.247. The highest BCUT2D eigenvalue weighted by molar-refractivity contribution is 7.18. The number of carbonyl (C=O) groups excluding carboxylic acids is 1. The van der Waals surface area contributed by atoms with Crippen LogP contribution < -0.4 is 0 Å². The molecule has 0 aliphatic rings. The van der Waals surface area contributed by atoms with Gasteiger partial charge in [0.25, 0.3) is 0 Å². The standard InChI is InChI=1S/C13H19ClOS/c1-3-4-5-6-7-8-11(15)12-9-10(2)13(14)16-12/h9H,3-8H2,1-2H3. The molecule has 1 nitrogen and oxygen atoms in total. The summed E-state index contributed by atoms with van der Waals surface area (Å²) in [6.07, 6.45) is 6.60. The lowest BCUT2D eigenvalue weighted by Crippen LogP contribution is -1.95. The van der Waals surface area contributed by atoms with Gasteiger partial charge in [-0.3, -0.25) is 4.79 Å². The van der Waals surface area contributed by atoms with Crippen LogP contribution in [0.1, 0.15) is 60.7 Å². The van der Waals surface area contributed by atoms with Crippen molar-refractivity contribution in [3.63, 3.8) is 0 Å². The molecule has 0 amide bonds. The lowest BCUT2D eigenvalue weighted by Gasteiger charge is -1.98. The minimum Gasteiger partial charge on any atom is -0.293 e. The topological polar surface area (TPSA) is 17.1 Å². The number of hydrogen-bond donors (Lipinski definition) is 0. The molecule has 3 heteroatoms. The van der Waals surface area contributed by atoms with Gasteiger partial charge in [0.2, 0.25) is 0 Å². The molecular formula is C13H19ClOS. The molecule has 90 valence electrons. The van der Waals surface area contributed by atoms with Crippen LogP contribution in [0.15, 0.2) is 6.07 Å². The first-order valence-corrected chi connectivity index (χ1v) is 7.13. The smallest absolute Gasteiger partial charge is 0.172 e. The van der Waals surface area contributed by atoms with Gasteiger partial charge in [0, 0.05) is 6.42 Å². The van der Waals surface area contributed by atoms with E-state index >= 15 is 0 Å². The lowest BCUT2D eigenvalue weighted by molar-refractivity contribution is 0.0983. The molecule has 0 saturated heterocycles. The third kappa shape index (κ3) is 4.26. The number of Topliss-reactive ketones (excluding diaryl/α,β-unsaturated/α-hetero) is 1. The molecule has 0 N–H and O–H groups in total. The minimum atomic E-state index is 0.247. The van der Waals surface area contributed by atoms with Crippen molar-refractivity contribution < 1.29 is 4.79 Å². The predicted octanol–water partition coefficient (Wildman–Crippen LogP) is 5.25. The van der Waals surface area contributed by atoms with E-state index in [2.05, 4.69) is 6.92 Å². The van der Waals surface area contributed by atoms with Crippen LogP contribution in [0.25, 0.3) is 0 Å². The Morgan fingerprint density at radius 2 is 2.00 bits per heavy atom. The van der Waals surface area contributed by atoms with Gasteiger partial charge in [-0.2, -0.15) is 0 Å². The van der Waals surface area contributed by atoms with E-state index in [1.807, 2.05) is 13.0 Å². The molecule has 0 fully saturated rings. The SMILES string of the molecule is CCCCCCCC(=O)c1cc(C)c(Cl)s1. The molecule has 1 aromatic rings. The Bertz CT molecular complexity index is 324. The van der Waals surface area contributed by atoms with Crippen molar-refractivity contribution in [2.45, 2.75) is 52.4 Å². The molecule has 0 bridgehead atoms. The van der Waals surface area contributed by atoms with Gasteiger partial charge in [-0.15, -0.1) is 11.3 Å². The number of carbonyl (C=O) groups is 1. The number of thiophene rings is 1. The van der Waals surface area contributed by atoms with Crippen LogP contribution >= 0.6 is 22.9 Å². The average molecular weight is 259 g/mol. The molecule has 0 unspecified atom stereocenters. The van der Waals surface area contributed by atoms with Gasteiger partial charge in [-0.25, -0.2) is 0 Å². The summed E-state index contributed by atoms with van der Waals surface area (Å²) in [7, 11) is 0. The molecular weight excluding hydrogens is 240 g/mol. The van der Waals surface area contributed by atoms with Crippen LogP contribution in [0.3, 0.4) is 0 Å². The number of halogens is 1. The normalized spacial score (nSPS) is 10.7. The van der Waals surface area contributed by atoms with Crippen LogP contribution in [0, 0.1) is 6.92 Å². The van der Waals surface area contributed by atoms with E-state index in [4.69, 9.17) is 11.6 Å². The van der Waals surface area contributed by atoms with E-state index in [1.54, 1.807) is 0 Å². The summed E-state index contributed by atoms with van der Waals surface area (Å²) in [6.45, 7) is 4.14. The maximum atomic E-state index is 11.8. The molecule has 0 radical (unpaired) electrons. The fraction of sp³-hybridized carbons (Fsp3) is 0.615. The summed E-state index contributed by atoms with van der Waals surface area (Å²) in [6, 6.07) is 1.90. The Labute approximate surface area is 107 Å². The van der Waals surface area contributed by atoms with Crippen LogP contribution in [0.2, 0.25) is 4.34 Å². The number of hydrogen-bond acceptors (Lipinski definition) is 2. The highest BCUT2D eigenvalue weighted by Gasteiger charge is 2.10. The molecule has 0 aliphatic carbocycles. The van der Waals surface area contributed by atoms with Crippen LogP contribution in [-0.2, 0) is 0 Å². The fourth-order valence-electron chi connectivity index (χ4n) is 1.61. The first-order chi connectivity index (χ1) is 7.65. The molecule has 0 atom stereocenters. The van der Waals surface area contributed by atoms with Gasteiger partial charge in [0.05, 0.1) is 9.21 Å². The van der Waals surface area contributed by atoms with Crippen molar-refractivity contribution in [2.75, 3.05) is 0 Å². The monoisotopic (exact) mass is 258 g/mol. The Balaban J connectivity index is 2.30. The second-order valence-electron chi connectivity index (χ2n) is 4.15. The zero-order valence-electron chi connectivity index (χ0n) is 10.0. The molecule has 16 heavy (non-hydrogen) atoms. The fourth-order valence-corrected chi connectivity index (χ4v) is 2.78. The zero-order chi connectivity index (χ0) is 12.0. The minimum absolute atomic E-state index is 0.247. The molecule has 1 aromatic heterocycles. The maximum absolute atomic E-state index is 11.8. The largest absolute Gasteiger partial charge is 0.293 e. The predicted molar refractivity (Wildman–Crippen MR) is 71.8 cm³/mol. The van der Waals surface area contributed by atoms with Crippen molar-refractivity contribution >= 4 is 28.7 Å². The molecule has 1 heterocycles. The number of unbranched alkanes of at least 4 members (excludes halogenated alkanes) is 4. The van der Waals surface area contributed by atoms with Gasteiger partial charge < -0.3 is 0 Å². The first-order valence-electron chi connectivity index (χ1n) is 5.94. The quantitative estimate of drug-likeness (QED) is 0.482. The Morgan fingerprint density at radius 1 is 1.31 bits per heavy atom. The van der Waals surface area contributed by atoms with Gasteiger partial charge in [0.15, 0.2) is 5.78 Å². The highest BCUT2D eigenvalue weighted by atomic mass is 35.5. The van der Waals surface area contributed by atoms with Gasteiger partial charge in [-0.05, 0) is 25.0 Å². The Kier molecular flexibility index (Phi) is 6.07. The Morgan fingerprint density at radius 3 is 2.56 bits per heavy atom. The van der Waals surface area contributed by atoms with E-state index < -0.39 is 0 Å². The molecule has 0 spiro atoms. The van der Waals surface area contributed by atoms with Gasteiger partial charge in [-0.1, -0.05) is 44.2 Å². The second-order valence-corrected chi connectivity index (χ2v) is 5.81. The van der Waals surface area contributed by atoms with E-state index in [0.717, 1.165) is 27.6 Å². The van der Waals surface area contributed by atoms with Crippen molar-refractivity contribution in [3.8, 4) is 0 Å². The summed E-state index contributed by atoms with van der Waals surface area (Å²) in [5.41, 5.74) is 1.01. The van der Waals surface area contributed by atoms with Crippen molar-refractivity contribution in [3.05, 3.63) is 20.8 Å². The van der Waals surface area contributed by atoms with Crippen molar-refractivity contribution in [1.29, 1.82) is 0 Å². The molecule has 0 aliphatic heterocycles. The van der Waals surface area contributed by atoms with Crippen LogP contribution in [-0.4, -0.2) is 5.78 Å². The van der Waals surface area contributed by atoms with Crippen molar-refractivity contribution in [1.82, 2.24) is 0 Å². The summed E-state index contributed by atoms with van der Waals surface area (Å²) in [4.78, 5) is 12.6. The summed E-state index contributed by atoms with van der Waals surface area (Å²) < 4.78 is 0.745. The molecule has 0 aromatic carbocycles. The average Bonchev–Trinajstić information content (AvgIpc) is 2.59. The summed E-state index contributed by atoms with van der Waals surface area (Å²) >= 11 is 7.35. The lowest BCUT2D eigenvalue weighted by atomic mass is 10.1. The molecule has 1 rings (SSSR count). The number of aryl methyl sites for hydroxylation is 1. The number of ketones is 1. The van der Waals surface area contributed by atoms with E-state index in [9.17, 15) is 4.79 Å². The van der Waals surface area contributed by atoms with Gasteiger partial charge >= 0.3 is 0 Å². The van der Waals surface area contributed by atoms with Crippen LogP contribution in [0.4, 0.5) is 0 Å². The number of rotatable bonds is 7. The second kappa shape index (κ2) is 7.08. The Hall–Kier alpha value is -0.340. The first kappa shape index (κ1) is 13.7. The van der Waals surface area contributed by atoms with E-state index in [-0.39, 0.29) is 5.78 Å². The zero-order valence-corrected chi connectivity index (χ0v) is 11.6. The van der Waals surface area contributed by atoms with Crippen molar-refractivity contribution in [2.24, 2.45) is 0 Å². The van der Waals surface area contributed by atoms with Crippen LogP contribution in [0.5, 0.6) is 0 Å². The summed E-state index contributed by atoms with van der Waals surface area (Å²) in [5, 5.41) is 0.